The Hall–Kier alpha value is -3.58. The first-order valence-electron chi connectivity index (χ1n) is 8.46. The topological polar surface area (TPSA) is 78.4 Å². The largest absolute Gasteiger partial charge is 0.456 e. The molecule has 0 spiro atoms. The van der Waals surface area contributed by atoms with Gasteiger partial charge in [0.25, 0.3) is 0 Å². The Morgan fingerprint density at radius 1 is 1.00 bits per heavy atom. The predicted molar refractivity (Wildman–Crippen MR) is 105 cm³/mol. The first kappa shape index (κ1) is 16.6. The third kappa shape index (κ3) is 2.91. The summed E-state index contributed by atoms with van der Waals surface area (Å²) < 4.78 is 17.1. The van der Waals surface area contributed by atoms with Gasteiger partial charge in [0.15, 0.2) is 11.5 Å². The number of nitrogens with one attached hydrogen (secondary N) is 1. The van der Waals surface area contributed by atoms with Gasteiger partial charge < -0.3 is 19.5 Å². The lowest BCUT2D eigenvalue weighted by atomic mass is 10.2. The average Bonchev–Trinajstić information content (AvgIpc) is 3.20. The zero-order chi connectivity index (χ0) is 18.9. The van der Waals surface area contributed by atoms with Crippen LogP contribution in [0.2, 0.25) is 5.02 Å². The van der Waals surface area contributed by atoms with Gasteiger partial charge >= 0.3 is 0 Å². The first-order valence-corrected chi connectivity index (χ1v) is 8.84. The molecule has 4 aromatic rings. The number of anilines is 2. The lowest BCUT2D eigenvalue weighted by molar-refractivity contribution is 0.174. The second-order valence-electron chi connectivity index (χ2n) is 5.94. The van der Waals surface area contributed by atoms with Gasteiger partial charge in [0.1, 0.15) is 29.3 Å². The average molecular weight is 393 g/mol. The third-order valence-electron chi connectivity index (χ3n) is 4.23. The summed E-state index contributed by atoms with van der Waals surface area (Å²) in [6.45, 7) is 0.144. The number of hydrogen-bond acceptors (Lipinski definition) is 7. The molecule has 0 saturated carbocycles. The lowest BCUT2D eigenvalue weighted by Crippen LogP contribution is -2.00. The molecule has 5 rings (SSSR count). The van der Waals surface area contributed by atoms with Crippen molar-refractivity contribution in [2.24, 2.45) is 0 Å². The van der Waals surface area contributed by atoms with E-state index in [-0.39, 0.29) is 6.79 Å². The number of fused-ring (bicyclic) bond motifs is 2. The molecule has 0 amide bonds. The van der Waals surface area contributed by atoms with Crippen LogP contribution in [0.4, 0.5) is 11.5 Å². The Bertz CT molecular complexity index is 1170. The Labute approximate surface area is 164 Å². The molecule has 2 aromatic heterocycles. The first-order chi connectivity index (χ1) is 13.8. The molecular formula is C20H13ClN4O3. The van der Waals surface area contributed by atoms with E-state index in [4.69, 9.17) is 25.8 Å². The van der Waals surface area contributed by atoms with Crippen molar-refractivity contribution in [1.82, 2.24) is 15.0 Å². The van der Waals surface area contributed by atoms with E-state index in [9.17, 15) is 0 Å². The zero-order valence-electron chi connectivity index (χ0n) is 14.4. The van der Waals surface area contributed by atoms with Gasteiger partial charge in [-0.3, -0.25) is 4.98 Å². The molecule has 7 nitrogen and oxygen atoms in total. The number of pyridine rings is 1. The number of nitrogens with zero attached hydrogens (tertiary/aromatic N) is 3. The molecule has 0 saturated heterocycles. The normalized spacial score (nSPS) is 12.2. The summed E-state index contributed by atoms with van der Waals surface area (Å²) in [4.78, 5) is 12.8. The van der Waals surface area contributed by atoms with Crippen molar-refractivity contribution in [2.45, 2.75) is 0 Å². The fourth-order valence-corrected chi connectivity index (χ4v) is 3.17. The lowest BCUT2D eigenvalue weighted by Gasteiger charge is -2.14. The minimum atomic E-state index is 0.144. The van der Waals surface area contributed by atoms with E-state index in [1.54, 1.807) is 36.7 Å². The van der Waals surface area contributed by atoms with Crippen LogP contribution in [0.15, 0.2) is 61.2 Å². The molecule has 2 aromatic carbocycles. The van der Waals surface area contributed by atoms with Crippen molar-refractivity contribution in [3.63, 3.8) is 0 Å². The number of halogens is 1. The molecule has 0 atom stereocenters. The van der Waals surface area contributed by atoms with E-state index >= 15 is 0 Å². The van der Waals surface area contributed by atoms with E-state index in [1.165, 1.54) is 6.33 Å². The standard InChI is InChI=1S/C20H13ClN4O3/c21-13-4-5-16-19(27-11-26-16)18(13)25-20-17-14(23-10-24-20)2-1-3-15(17)28-12-6-8-22-9-7-12/h1-10H,11H2,(H,23,24,25). The molecule has 28 heavy (non-hydrogen) atoms. The van der Waals surface area contributed by atoms with E-state index in [1.807, 2.05) is 18.2 Å². The van der Waals surface area contributed by atoms with Crippen LogP contribution in [0.5, 0.6) is 23.0 Å². The van der Waals surface area contributed by atoms with Crippen LogP contribution >= 0.6 is 11.6 Å². The minimum Gasteiger partial charge on any atom is -0.456 e. The zero-order valence-corrected chi connectivity index (χ0v) is 15.2. The summed E-state index contributed by atoms with van der Waals surface area (Å²) in [5.74, 6) is 2.98. The summed E-state index contributed by atoms with van der Waals surface area (Å²) >= 11 is 6.40. The van der Waals surface area contributed by atoms with Crippen molar-refractivity contribution < 1.29 is 14.2 Å². The van der Waals surface area contributed by atoms with Gasteiger partial charge in [0, 0.05) is 12.4 Å². The summed E-state index contributed by atoms with van der Waals surface area (Å²) in [6.07, 6.45) is 4.82. The second-order valence-corrected chi connectivity index (χ2v) is 6.35. The van der Waals surface area contributed by atoms with Crippen LogP contribution < -0.4 is 19.5 Å². The molecule has 138 valence electrons. The van der Waals surface area contributed by atoms with Gasteiger partial charge in [0.05, 0.1) is 15.9 Å². The van der Waals surface area contributed by atoms with E-state index in [2.05, 4.69) is 20.3 Å². The van der Waals surface area contributed by atoms with Crippen molar-refractivity contribution in [2.75, 3.05) is 12.1 Å². The fraction of sp³-hybridized carbons (Fsp3) is 0.0500. The predicted octanol–water partition coefficient (Wildman–Crippen LogP) is 4.94. The Morgan fingerprint density at radius 2 is 1.89 bits per heavy atom. The maximum absolute atomic E-state index is 6.40. The molecule has 0 radical (unpaired) electrons. The van der Waals surface area contributed by atoms with Crippen LogP contribution in [0.3, 0.4) is 0 Å². The van der Waals surface area contributed by atoms with Crippen molar-refractivity contribution in [3.05, 3.63) is 66.2 Å². The monoisotopic (exact) mass is 392 g/mol. The maximum Gasteiger partial charge on any atom is 0.231 e. The molecule has 0 bridgehead atoms. The minimum absolute atomic E-state index is 0.144. The molecule has 1 N–H and O–H groups in total. The van der Waals surface area contributed by atoms with Gasteiger partial charge in [-0.1, -0.05) is 17.7 Å². The SMILES string of the molecule is Clc1ccc2c(c1Nc1ncnc3cccc(Oc4ccncc4)c13)OCO2. The number of aromatic nitrogens is 3. The molecule has 0 aliphatic carbocycles. The highest BCUT2D eigenvalue weighted by molar-refractivity contribution is 6.34. The van der Waals surface area contributed by atoms with E-state index in [0.29, 0.717) is 39.5 Å². The molecule has 0 fully saturated rings. The van der Waals surface area contributed by atoms with Gasteiger partial charge in [-0.2, -0.15) is 0 Å². The number of rotatable bonds is 4. The molecular weight excluding hydrogens is 380 g/mol. The van der Waals surface area contributed by atoms with Crippen LogP contribution in [0, 0.1) is 0 Å². The quantitative estimate of drug-likeness (QED) is 0.526. The smallest absolute Gasteiger partial charge is 0.231 e. The summed E-state index contributed by atoms with van der Waals surface area (Å²) in [5, 5.41) is 4.47. The Morgan fingerprint density at radius 3 is 2.79 bits per heavy atom. The highest BCUT2D eigenvalue weighted by Crippen LogP contribution is 2.45. The number of benzene rings is 2. The summed E-state index contributed by atoms with van der Waals surface area (Å²) in [5.41, 5.74) is 1.31. The highest BCUT2D eigenvalue weighted by atomic mass is 35.5. The van der Waals surface area contributed by atoms with Crippen molar-refractivity contribution in [1.29, 1.82) is 0 Å². The molecule has 1 aliphatic heterocycles. The third-order valence-corrected chi connectivity index (χ3v) is 4.55. The maximum atomic E-state index is 6.40. The second kappa shape index (κ2) is 6.86. The summed E-state index contributed by atoms with van der Waals surface area (Å²) in [6, 6.07) is 12.7. The molecule has 0 unspecified atom stereocenters. The Kier molecular flexibility index (Phi) is 4.06. The van der Waals surface area contributed by atoms with Gasteiger partial charge in [-0.05, 0) is 36.4 Å². The van der Waals surface area contributed by atoms with Gasteiger partial charge in [-0.25, -0.2) is 9.97 Å². The van der Waals surface area contributed by atoms with Crippen LogP contribution in [-0.2, 0) is 0 Å². The van der Waals surface area contributed by atoms with Gasteiger partial charge in [0.2, 0.25) is 6.79 Å². The number of hydrogen-bond donors (Lipinski definition) is 1. The van der Waals surface area contributed by atoms with Gasteiger partial charge in [-0.15, -0.1) is 0 Å². The van der Waals surface area contributed by atoms with E-state index < -0.39 is 0 Å². The molecule has 3 heterocycles. The molecule has 8 heteroatoms. The highest BCUT2D eigenvalue weighted by Gasteiger charge is 2.22. The van der Waals surface area contributed by atoms with Crippen molar-refractivity contribution >= 4 is 34.0 Å². The van der Waals surface area contributed by atoms with Crippen LogP contribution in [-0.4, -0.2) is 21.7 Å². The van der Waals surface area contributed by atoms with Crippen LogP contribution in [0.1, 0.15) is 0 Å². The number of ether oxygens (including phenoxy) is 3. The van der Waals surface area contributed by atoms with Crippen molar-refractivity contribution in [3.8, 4) is 23.0 Å². The Balaban J connectivity index is 1.62. The molecule has 1 aliphatic rings. The fourth-order valence-electron chi connectivity index (χ4n) is 2.97. The summed E-state index contributed by atoms with van der Waals surface area (Å²) in [7, 11) is 0. The van der Waals surface area contributed by atoms with E-state index in [0.717, 1.165) is 10.9 Å². The van der Waals surface area contributed by atoms with Crippen LogP contribution in [0.25, 0.3) is 10.9 Å².